The molecule has 3 N–H and O–H groups in total. The molecule has 0 atom stereocenters. The van der Waals surface area contributed by atoms with Crippen LogP contribution in [0.5, 0.6) is 0 Å². The Balaban J connectivity index is 3.09. The highest BCUT2D eigenvalue weighted by atomic mass is 32.2. The summed E-state index contributed by atoms with van der Waals surface area (Å²) in [7, 11) is -4.17. The molecule has 0 aromatic heterocycles. The van der Waals surface area contributed by atoms with E-state index in [1.165, 1.54) is 6.07 Å². The maximum absolute atomic E-state index is 13.2. The first-order valence-electron chi connectivity index (χ1n) is 4.96. The summed E-state index contributed by atoms with van der Waals surface area (Å²) in [6.45, 7) is 2.33. The quantitative estimate of drug-likeness (QED) is 0.831. The smallest absolute Gasteiger partial charge is 0.251 e. The molecule has 7 heteroatoms. The number of halogens is 1. The second kappa shape index (κ2) is 5.24. The van der Waals surface area contributed by atoms with Gasteiger partial charge in [-0.15, -0.1) is 0 Å². The number of hydrogen-bond acceptors (Lipinski definition) is 3. The van der Waals surface area contributed by atoms with Crippen LogP contribution in [0, 0.1) is 5.82 Å². The third-order valence-corrected chi connectivity index (χ3v) is 2.96. The number of primary sulfonamides is 1. The maximum atomic E-state index is 13.2. The van der Waals surface area contributed by atoms with E-state index < -0.39 is 26.6 Å². The Morgan fingerprint density at radius 1 is 1.47 bits per heavy atom. The normalized spacial score (nSPS) is 11.2. The lowest BCUT2D eigenvalue weighted by atomic mass is 10.2. The predicted octanol–water partition coefficient (Wildman–Crippen LogP) is 0.613. The predicted molar refractivity (Wildman–Crippen MR) is 60.4 cm³/mol. The third kappa shape index (κ3) is 3.50. The fourth-order valence-corrected chi connectivity index (χ4v) is 1.83. The van der Waals surface area contributed by atoms with E-state index in [0.717, 1.165) is 18.6 Å². The van der Waals surface area contributed by atoms with Gasteiger partial charge in [0.15, 0.2) is 0 Å². The van der Waals surface area contributed by atoms with Gasteiger partial charge in [-0.3, -0.25) is 4.79 Å². The van der Waals surface area contributed by atoms with Gasteiger partial charge in [0.1, 0.15) is 10.7 Å². The molecule has 0 saturated heterocycles. The zero-order chi connectivity index (χ0) is 13.1. The van der Waals surface area contributed by atoms with E-state index in [1.54, 1.807) is 0 Å². The molecule has 0 aliphatic heterocycles. The molecule has 0 spiro atoms. The van der Waals surface area contributed by atoms with Crippen molar-refractivity contribution >= 4 is 15.9 Å². The van der Waals surface area contributed by atoms with Gasteiger partial charge in [-0.1, -0.05) is 6.92 Å². The van der Waals surface area contributed by atoms with Crippen molar-refractivity contribution in [2.75, 3.05) is 6.54 Å². The molecular weight excluding hydrogens is 247 g/mol. The summed E-state index contributed by atoms with van der Waals surface area (Å²) in [6, 6.07) is 3.03. The van der Waals surface area contributed by atoms with Crippen LogP contribution in [0.3, 0.4) is 0 Å². The first-order chi connectivity index (χ1) is 7.86. The number of nitrogens with one attached hydrogen (secondary N) is 1. The van der Waals surface area contributed by atoms with Gasteiger partial charge in [0, 0.05) is 12.1 Å². The summed E-state index contributed by atoms with van der Waals surface area (Å²) in [4.78, 5) is 10.8. The summed E-state index contributed by atoms with van der Waals surface area (Å²) in [5, 5.41) is 7.38. The van der Waals surface area contributed by atoms with Crippen LogP contribution in [-0.4, -0.2) is 20.9 Å². The maximum Gasteiger partial charge on any atom is 0.251 e. The number of sulfonamides is 1. The number of hydrogen-bond donors (Lipinski definition) is 2. The molecule has 0 aliphatic rings. The SMILES string of the molecule is CCCNC(=O)c1ccc(F)c(S(N)(=O)=O)c1. The number of carbonyl (C=O) groups is 1. The topological polar surface area (TPSA) is 89.3 Å². The lowest BCUT2D eigenvalue weighted by Gasteiger charge is -2.05. The third-order valence-electron chi connectivity index (χ3n) is 2.04. The van der Waals surface area contributed by atoms with Crippen LogP contribution in [0.25, 0.3) is 0 Å². The molecule has 0 bridgehead atoms. The molecule has 1 rings (SSSR count). The highest BCUT2D eigenvalue weighted by molar-refractivity contribution is 7.89. The van der Waals surface area contributed by atoms with Crippen molar-refractivity contribution < 1.29 is 17.6 Å². The van der Waals surface area contributed by atoms with Crippen molar-refractivity contribution in [1.82, 2.24) is 5.32 Å². The molecule has 1 aromatic carbocycles. The lowest BCUT2D eigenvalue weighted by molar-refractivity contribution is 0.0953. The van der Waals surface area contributed by atoms with Gasteiger partial charge in [-0.25, -0.2) is 17.9 Å². The second-order valence-corrected chi connectivity index (χ2v) is 4.98. The molecule has 0 aliphatic carbocycles. The van der Waals surface area contributed by atoms with E-state index in [9.17, 15) is 17.6 Å². The lowest BCUT2D eigenvalue weighted by Crippen LogP contribution is -2.24. The highest BCUT2D eigenvalue weighted by Gasteiger charge is 2.17. The van der Waals surface area contributed by atoms with E-state index in [-0.39, 0.29) is 5.56 Å². The Hall–Kier alpha value is -1.47. The van der Waals surface area contributed by atoms with Crippen LogP contribution in [-0.2, 0) is 10.0 Å². The zero-order valence-electron chi connectivity index (χ0n) is 9.23. The summed E-state index contributed by atoms with van der Waals surface area (Å²) in [5.41, 5.74) is 0.0591. The minimum absolute atomic E-state index is 0.0591. The molecule has 1 amide bonds. The first kappa shape index (κ1) is 13.6. The molecule has 0 fully saturated rings. The average molecular weight is 260 g/mol. The largest absolute Gasteiger partial charge is 0.352 e. The van der Waals surface area contributed by atoms with Gasteiger partial charge in [-0.2, -0.15) is 0 Å². The van der Waals surface area contributed by atoms with Crippen LogP contribution >= 0.6 is 0 Å². The van der Waals surface area contributed by atoms with Crippen molar-refractivity contribution in [2.45, 2.75) is 18.2 Å². The molecule has 0 heterocycles. The molecule has 5 nitrogen and oxygen atoms in total. The Kier molecular flexibility index (Phi) is 4.19. The Morgan fingerprint density at radius 3 is 2.65 bits per heavy atom. The van der Waals surface area contributed by atoms with E-state index in [4.69, 9.17) is 5.14 Å². The van der Waals surface area contributed by atoms with Crippen LogP contribution < -0.4 is 10.5 Å². The molecule has 17 heavy (non-hydrogen) atoms. The van der Waals surface area contributed by atoms with E-state index in [2.05, 4.69) is 5.32 Å². The molecule has 1 aromatic rings. The molecule has 0 radical (unpaired) electrons. The van der Waals surface area contributed by atoms with Gasteiger partial charge in [0.05, 0.1) is 0 Å². The second-order valence-electron chi connectivity index (χ2n) is 3.45. The van der Waals surface area contributed by atoms with Gasteiger partial charge in [0.25, 0.3) is 5.91 Å². The molecular formula is C10H13FN2O3S. The minimum atomic E-state index is -4.17. The summed E-state index contributed by atoms with van der Waals surface area (Å²) in [6.07, 6.45) is 0.745. The molecule has 0 unspecified atom stereocenters. The number of amides is 1. The fraction of sp³-hybridized carbons (Fsp3) is 0.300. The number of nitrogens with two attached hydrogens (primary N) is 1. The minimum Gasteiger partial charge on any atom is -0.352 e. The van der Waals surface area contributed by atoms with Gasteiger partial charge >= 0.3 is 0 Å². The van der Waals surface area contributed by atoms with Gasteiger partial charge < -0.3 is 5.32 Å². The summed E-state index contributed by atoms with van der Waals surface area (Å²) in [5.74, 6) is -1.43. The average Bonchev–Trinajstić information content (AvgIpc) is 2.25. The van der Waals surface area contributed by atoms with Crippen LogP contribution in [0.4, 0.5) is 4.39 Å². The Bertz CT molecular complexity index is 528. The molecule has 94 valence electrons. The zero-order valence-corrected chi connectivity index (χ0v) is 10.1. The Labute approximate surface area is 98.9 Å². The number of carbonyl (C=O) groups excluding carboxylic acids is 1. The highest BCUT2D eigenvalue weighted by Crippen LogP contribution is 2.14. The van der Waals surface area contributed by atoms with E-state index in [0.29, 0.717) is 6.54 Å². The van der Waals surface area contributed by atoms with Crippen LogP contribution in [0.1, 0.15) is 23.7 Å². The number of rotatable bonds is 4. The summed E-state index contributed by atoms with van der Waals surface area (Å²) < 4.78 is 35.3. The monoisotopic (exact) mass is 260 g/mol. The van der Waals surface area contributed by atoms with Crippen LogP contribution in [0.2, 0.25) is 0 Å². The first-order valence-corrected chi connectivity index (χ1v) is 6.51. The van der Waals surface area contributed by atoms with Crippen LogP contribution in [0.15, 0.2) is 23.1 Å². The van der Waals surface area contributed by atoms with E-state index >= 15 is 0 Å². The standard InChI is InChI=1S/C10H13FN2O3S/c1-2-5-13-10(14)7-3-4-8(11)9(6-7)17(12,15)16/h3-4,6H,2,5H2,1H3,(H,13,14)(H2,12,15,16). The van der Waals surface area contributed by atoms with E-state index in [1.807, 2.05) is 6.92 Å². The number of benzene rings is 1. The van der Waals surface area contributed by atoms with Crippen molar-refractivity contribution in [3.05, 3.63) is 29.6 Å². The van der Waals surface area contributed by atoms with Crippen molar-refractivity contribution in [2.24, 2.45) is 5.14 Å². The van der Waals surface area contributed by atoms with Crippen molar-refractivity contribution in [3.8, 4) is 0 Å². The fourth-order valence-electron chi connectivity index (χ4n) is 1.20. The molecule has 0 saturated carbocycles. The summed E-state index contributed by atoms with van der Waals surface area (Å²) >= 11 is 0. The van der Waals surface area contributed by atoms with Gasteiger partial charge in [-0.05, 0) is 24.6 Å². The van der Waals surface area contributed by atoms with Crippen molar-refractivity contribution in [1.29, 1.82) is 0 Å². The van der Waals surface area contributed by atoms with Gasteiger partial charge in [0.2, 0.25) is 10.0 Å². The van der Waals surface area contributed by atoms with Crippen molar-refractivity contribution in [3.63, 3.8) is 0 Å². The Morgan fingerprint density at radius 2 is 2.12 bits per heavy atom.